The van der Waals surface area contributed by atoms with Crippen LogP contribution in [-0.4, -0.2) is 38.7 Å². The molecule has 0 saturated carbocycles. The van der Waals surface area contributed by atoms with E-state index in [2.05, 4.69) is 5.10 Å². The van der Waals surface area contributed by atoms with Crippen LogP contribution >= 0.6 is 0 Å². The molecule has 1 aliphatic heterocycles. The van der Waals surface area contributed by atoms with Gasteiger partial charge < -0.3 is 10.2 Å². The summed E-state index contributed by atoms with van der Waals surface area (Å²) in [4.78, 5) is 12.3. The molecule has 1 atom stereocenters. The SMILES string of the molecule is CCCCC1=NN(C(=O)c2ccccc2O)C(O)(C(F)(F)F)C1. The number of halogens is 3. The lowest BCUT2D eigenvalue weighted by Gasteiger charge is -2.32. The largest absolute Gasteiger partial charge is 0.507 e. The maximum absolute atomic E-state index is 13.3. The van der Waals surface area contributed by atoms with E-state index in [0.717, 1.165) is 6.42 Å². The van der Waals surface area contributed by atoms with Crippen molar-refractivity contribution in [2.75, 3.05) is 0 Å². The zero-order chi connectivity index (χ0) is 17.3. The number of amides is 1. The van der Waals surface area contributed by atoms with E-state index >= 15 is 0 Å². The average Bonchev–Trinajstić information content (AvgIpc) is 2.83. The Morgan fingerprint density at radius 3 is 2.61 bits per heavy atom. The molecule has 126 valence electrons. The van der Waals surface area contributed by atoms with Crippen molar-refractivity contribution in [3.63, 3.8) is 0 Å². The number of aromatic hydroxyl groups is 1. The van der Waals surface area contributed by atoms with E-state index in [1.807, 2.05) is 6.92 Å². The van der Waals surface area contributed by atoms with Gasteiger partial charge >= 0.3 is 6.18 Å². The summed E-state index contributed by atoms with van der Waals surface area (Å²) in [5.41, 5.74) is -3.64. The summed E-state index contributed by atoms with van der Waals surface area (Å²) in [5.74, 6) is -1.67. The molecule has 5 nitrogen and oxygen atoms in total. The Morgan fingerprint density at radius 2 is 2.04 bits per heavy atom. The lowest BCUT2D eigenvalue weighted by atomic mass is 10.0. The van der Waals surface area contributed by atoms with Crippen LogP contribution in [0.3, 0.4) is 0 Å². The van der Waals surface area contributed by atoms with Crippen LogP contribution in [-0.2, 0) is 0 Å². The zero-order valence-corrected chi connectivity index (χ0v) is 12.5. The molecule has 2 N–H and O–H groups in total. The molecule has 8 heteroatoms. The van der Waals surface area contributed by atoms with Crippen LogP contribution in [0.15, 0.2) is 29.4 Å². The van der Waals surface area contributed by atoms with Crippen LogP contribution in [0.5, 0.6) is 5.75 Å². The van der Waals surface area contributed by atoms with Gasteiger partial charge in [-0.25, -0.2) is 0 Å². The van der Waals surface area contributed by atoms with E-state index < -0.39 is 30.0 Å². The van der Waals surface area contributed by atoms with Gasteiger partial charge in [0.1, 0.15) is 5.75 Å². The fraction of sp³-hybridized carbons (Fsp3) is 0.467. The van der Waals surface area contributed by atoms with E-state index in [0.29, 0.717) is 6.42 Å². The van der Waals surface area contributed by atoms with E-state index in [9.17, 15) is 28.2 Å². The normalized spacial score (nSPS) is 21.4. The lowest BCUT2D eigenvalue weighted by Crippen LogP contribution is -2.56. The summed E-state index contributed by atoms with van der Waals surface area (Å²) in [7, 11) is 0. The third kappa shape index (κ3) is 3.17. The highest BCUT2D eigenvalue weighted by molar-refractivity contribution is 6.00. The quantitative estimate of drug-likeness (QED) is 0.891. The number of para-hydroxylation sites is 1. The van der Waals surface area contributed by atoms with Crippen LogP contribution in [0.25, 0.3) is 0 Å². The van der Waals surface area contributed by atoms with E-state index in [1.165, 1.54) is 24.3 Å². The highest BCUT2D eigenvalue weighted by Crippen LogP contribution is 2.42. The van der Waals surface area contributed by atoms with Gasteiger partial charge in [0.05, 0.1) is 5.56 Å². The second-order valence-electron chi connectivity index (χ2n) is 5.40. The van der Waals surface area contributed by atoms with Gasteiger partial charge in [0.2, 0.25) is 0 Å². The monoisotopic (exact) mass is 330 g/mol. The Hall–Kier alpha value is -2.09. The third-order valence-corrected chi connectivity index (χ3v) is 3.64. The Morgan fingerprint density at radius 1 is 1.39 bits per heavy atom. The van der Waals surface area contributed by atoms with Crippen molar-refractivity contribution in [1.29, 1.82) is 0 Å². The Bertz CT molecular complexity index is 631. The number of unbranched alkanes of at least 4 members (excludes halogenated alkanes) is 1. The predicted molar refractivity (Wildman–Crippen MR) is 76.9 cm³/mol. The van der Waals surface area contributed by atoms with Gasteiger partial charge in [0.25, 0.3) is 11.6 Å². The lowest BCUT2D eigenvalue weighted by molar-refractivity contribution is -0.297. The van der Waals surface area contributed by atoms with Crippen molar-refractivity contribution in [3.05, 3.63) is 29.8 Å². The summed E-state index contributed by atoms with van der Waals surface area (Å²) in [6, 6.07) is 5.19. The van der Waals surface area contributed by atoms with Crippen LogP contribution in [0, 0.1) is 0 Å². The molecular formula is C15H17F3N2O3. The number of phenolic OH excluding ortho intramolecular Hbond substituents is 1. The predicted octanol–water partition coefficient (Wildman–Crippen LogP) is 3.04. The number of alkyl halides is 3. The van der Waals surface area contributed by atoms with Gasteiger partial charge in [-0.2, -0.15) is 23.3 Å². The molecule has 1 aromatic carbocycles. The van der Waals surface area contributed by atoms with Gasteiger partial charge in [-0.3, -0.25) is 4.79 Å². The summed E-state index contributed by atoms with van der Waals surface area (Å²) in [6.07, 6.45) is -4.23. The number of benzene rings is 1. The first-order chi connectivity index (χ1) is 10.7. The number of aliphatic hydroxyl groups is 1. The van der Waals surface area contributed by atoms with Crippen LogP contribution in [0.2, 0.25) is 0 Å². The molecule has 1 unspecified atom stereocenters. The van der Waals surface area contributed by atoms with Crippen molar-refractivity contribution in [2.45, 2.75) is 44.5 Å². The minimum absolute atomic E-state index is 0.0348. The van der Waals surface area contributed by atoms with Crippen LogP contribution in [0.1, 0.15) is 43.0 Å². The smallest absolute Gasteiger partial charge is 0.438 e. The zero-order valence-electron chi connectivity index (χ0n) is 12.5. The third-order valence-electron chi connectivity index (χ3n) is 3.64. The number of carbonyl (C=O) groups excluding carboxylic acids is 1. The van der Waals surface area contributed by atoms with E-state index in [1.54, 1.807) is 0 Å². The first-order valence-electron chi connectivity index (χ1n) is 7.18. The number of nitrogens with zero attached hydrogens (tertiary/aromatic N) is 2. The molecule has 0 aromatic heterocycles. The minimum Gasteiger partial charge on any atom is -0.507 e. The van der Waals surface area contributed by atoms with Gasteiger partial charge in [-0.05, 0) is 25.0 Å². The van der Waals surface area contributed by atoms with Crippen molar-refractivity contribution >= 4 is 11.6 Å². The number of hydrogen-bond acceptors (Lipinski definition) is 4. The van der Waals surface area contributed by atoms with Gasteiger partial charge in [0, 0.05) is 12.1 Å². The standard InChI is InChI=1S/C15H17F3N2O3/c1-2-3-6-10-9-14(23,15(16,17)18)20(19-10)13(22)11-7-4-5-8-12(11)21/h4-5,7-8,21,23H,2-3,6,9H2,1H3. The summed E-state index contributed by atoms with van der Waals surface area (Å²) < 4.78 is 39.9. The van der Waals surface area contributed by atoms with Crippen LogP contribution in [0.4, 0.5) is 13.2 Å². The number of hydrazone groups is 1. The first kappa shape index (κ1) is 17.3. The Kier molecular flexibility index (Phi) is 4.65. The fourth-order valence-corrected chi connectivity index (χ4v) is 2.34. The molecule has 0 aliphatic carbocycles. The number of phenols is 1. The van der Waals surface area contributed by atoms with Crippen molar-refractivity contribution in [2.24, 2.45) is 5.10 Å². The number of hydrogen-bond donors (Lipinski definition) is 2. The Labute approximate surface area is 131 Å². The first-order valence-corrected chi connectivity index (χ1v) is 7.18. The number of carbonyl (C=O) groups is 1. The van der Waals surface area contributed by atoms with Gasteiger partial charge in [0.15, 0.2) is 0 Å². The molecule has 0 spiro atoms. The molecule has 0 saturated heterocycles. The maximum Gasteiger partial charge on any atom is 0.438 e. The number of rotatable bonds is 4. The molecule has 23 heavy (non-hydrogen) atoms. The van der Waals surface area contributed by atoms with Crippen molar-refractivity contribution in [3.8, 4) is 5.75 Å². The molecule has 2 rings (SSSR count). The molecule has 0 fully saturated rings. The topological polar surface area (TPSA) is 73.1 Å². The summed E-state index contributed by atoms with van der Waals surface area (Å²) in [5, 5.41) is 23.4. The second-order valence-corrected chi connectivity index (χ2v) is 5.40. The summed E-state index contributed by atoms with van der Waals surface area (Å²) in [6.45, 7) is 1.87. The highest BCUT2D eigenvalue weighted by atomic mass is 19.4. The average molecular weight is 330 g/mol. The summed E-state index contributed by atoms with van der Waals surface area (Å²) >= 11 is 0. The van der Waals surface area contributed by atoms with Crippen molar-refractivity contribution < 1.29 is 28.2 Å². The molecule has 0 radical (unpaired) electrons. The second kappa shape index (κ2) is 6.19. The van der Waals surface area contributed by atoms with Crippen LogP contribution < -0.4 is 0 Å². The fourth-order valence-electron chi connectivity index (χ4n) is 2.34. The van der Waals surface area contributed by atoms with Gasteiger partial charge in [-0.1, -0.05) is 25.5 Å². The maximum atomic E-state index is 13.3. The molecule has 1 aromatic rings. The molecule has 1 heterocycles. The van der Waals surface area contributed by atoms with Gasteiger partial charge in [-0.15, -0.1) is 0 Å². The van der Waals surface area contributed by atoms with Crippen molar-refractivity contribution in [1.82, 2.24) is 5.01 Å². The molecular weight excluding hydrogens is 313 g/mol. The molecule has 1 amide bonds. The van der Waals surface area contributed by atoms with E-state index in [-0.39, 0.29) is 22.7 Å². The Balaban J connectivity index is 2.40. The molecule has 0 bridgehead atoms. The molecule has 1 aliphatic rings. The minimum atomic E-state index is -5.06. The van der Waals surface area contributed by atoms with E-state index in [4.69, 9.17) is 0 Å². The highest BCUT2D eigenvalue weighted by Gasteiger charge is 2.63.